The van der Waals surface area contributed by atoms with Crippen molar-refractivity contribution >= 4 is 16.9 Å². The maximum atomic E-state index is 11.1. The van der Waals surface area contributed by atoms with Gasteiger partial charge in [0.25, 0.3) is 0 Å². The molecule has 0 unspecified atom stereocenters. The van der Waals surface area contributed by atoms with Crippen LogP contribution in [0, 0.1) is 17.3 Å². The summed E-state index contributed by atoms with van der Waals surface area (Å²) in [6, 6.07) is 2.11. The second kappa shape index (κ2) is 7.25. The molecule has 0 saturated heterocycles. The van der Waals surface area contributed by atoms with Crippen LogP contribution in [0.2, 0.25) is 0 Å². The van der Waals surface area contributed by atoms with E-state index in [0.717, 1.165) is 17.6 Å². The third kappa shape index (κ3) is 4.18. The minimum atomic E-state index is 0.278. The van der Waals surface area contributed by atoms with Gasteiger partial charge >= 0.3 is 0 Å². The lowest BCUT2D eigenvalue weighted by atomic mass is 9.61. The molecule has 0 amide bonds. The van der Waals surface area contributed by atoms with E-state index in [4.69, 9.17) is 4.42 Å². The maximum Gasteiger partial charge on any atom is 0.185 e. The average Bonchev–Trinajstić information content (AvgIpc) is 3.02. The van der Waals surface area contributed by atoms with Gasteiger partial charge in [0.1, 0.15) is 0 Å². The van der Waals surface area contributed by atoms with Crippen molar-refractivity contribution in [3.05, 3.63) is 24.2 Å². The van der Waals surface area contributed by atoms with E-state index in [9.17, 15) is 4.79 Å². The van der Waals surface area contributed by atoms with Crippen molar-refractivity contribution < 1.29 is 9.21 Å². The van der Waals surface area contributed by atoms with Gasteiger partial charge in [-0.2, -0.15) is 0 Å². The highest BCUT2D eigenvalue weighted by molar-refractivity contribution is 8.13. The van der Waals surface area contributed by atoms with E-state index in [0.29, 0.717) is 5.41 Å². The molecule has 1 aromatic rings. The van der Waals surface area contributed by atoms with E-state index in [2.05, 4.69) is 6.07 Å². The molecule has 0 N–H and O–H groups in total. The molecule has 3 heteroatoms. The first-order valence-electron chi connectivity index (χ1n) is 8.80. The van der Waals surface area contributed by atoms with Crippen LogP contribution in [0.5, 0.6) is 0 Å². The molecule has 22 heavy (non-hydrogen) atoms. The topological polar surface area (TPSA) is 30.2 Å². The molecule has 1 aromatic heterocycles. The molecule has 2 aliphatic rings. The Hall–Kier alpha value is -0.700. The second-order valence-electron chi connectivity index (χ2n) is 7.53. The molecule has 2 saturated carbocycles. The highest BCUT2D eigenvalue weighted by Crippen LogP contribution is 2.50. The first-order chi connectivity index (χ1) is 10.7. The van der Waals surface area contributed by atoms with Crippen molar-refractivity contribution in [1.29, 1.82) is 0 Å². The van der Waals surface area contributed by atoms with Gasteiger partial charge in [-0.3, -0.25) is 4.79 Å². The summed E-state index contributed by atoms with van der Waals surface area (Å²) in [6.07, 6.45) is 16.0. The molecule has 1 spiro atoms. The van der Waals surface area contributed by atoms with Crippen molar-refractivity contribution in [1.82, 2.24) is 0 Å². The van der Waals surface area contributed by atoms with Gasteiger partial charge in [-0.05, 0) is 86.7 Å². The molecular formula is C19H28O2S. The normalized spacial score (nSPS) is 32.2. The van der Waals surface area contributed by atoms with Crippen molar-refractivity contribution in [3.63, 3.8) is 0 Å². The van der Waals surface area contributed by atoms with Gasteiger partial charge in [-0.15, -0.1) is 0 Å². The van der Waals surface area contributed by atoms with E-state index in [-0.39, 0.29) is 5.12 Å². The molecule has 2 aliphatic carbocycles. The van der Waals surface area contributed by atoms with Gasteiger partial charge in [0.2, 0.25) is 0 Å². The lowest BCUT2D eigenvalue weighted by molar-refractivity contribution is -0.109. The quantitative estimate of drug-likeness (QED) is 0.737. The Kier molecular flexibility index (Phi) is 5.33. The molecular weight excluding hydrogens is 292 g/mol. The summed E-state index contributed by atoms with van der Waals surface area (Å²) in [5, 5.41) is 0.278. The minimum absolute atomic E-state index is 0.278. The first kappa shape index (κ1) is 16.2. The van der Waals surface area contributed by atoms with Crippen LogP contribution in [0.15, 0.2) is 23.0 Å². The van der Waals surface area contributed by atoms with Crippen LogP contribution in [0.1, 0.15) is 63.9 Å². The van der Waals surface area contributed by atoms with Crippen LogP contribution in [-0.4, -0.2) is 10.9 Å². The van der Waals surface area contributed by atoms with Crippen LogP contribution >= 0.6 is 11.8 Å². The third-order valence-corrected chi connectivity index (χ3v) is 7.00. The fraction of sp³-hybridized carbons (Fsp3) is 0.737. The van der Waals surface area contributed by atoms with Gasteiger partial charge in [0, 0.05) is 12.7 Å². The molecule has 0 aromatic carbocycles. The van der Waals surface area contributed by atoms with Gasteiger partial charge in [-0.25, -0.2) is 0 Å². The van der Waals surface area contributed by atoms with Gasteiger partial charge in [-0.1, -0.05) is 11.8 Å². The SMILES string of the molecule is CC(=O)SCC1CCC2(CC1)CCC(Cc1ccoc1)CC2. The van der Waals surface area contributed by atoms with E-state index < -0.39 is 0 Å². The Balaban J connectivity index is 1.42. The summed E-state index contributed by atoms with van der Waals surface area (Å²) in [6.45, 7) is 1.69. The highest BCUT2D eigenvalue weighted by Gasteiger charge is 2.38. The molecule has 0 bridgehead atoms. The van der Waals surface area contributed by atoms with Gasteiger partial charge in [0.15, 0.2) is 5.12 Å². The Morgan fingerprint density at radius 2 is 1.82 bits per heavy atom. The van der Waals surface area contributed by atoms with Crippen LogP contribution in [-0.2, 0) is 11.2 Å². The largest absolute Gasteiger partial charge is 0.472 e. The maximum absolute atomic E-state index is 11.1. The van der Waals surface area contributed by atoms with E-state index in [1.807, 2.05) is 6.26 Å². The summed E-state index contributed by atoms with van der Waals surface area (Å²) in [7, 11) is 0. The van der Waals surface area contributed by atoms with Crippen LogP contribution < -0.4 is 0 Å². The summed E-state index contributed by atoms with van der Waals surface area (Å²) < 4.78 is 5.19. The molecule has 2 nitrogen and oxygen atoms in total. The summed E-state index contributed by atoms with van der Waals surface area (Å²) >= 11 is 1.53. The summed E-state index contributed by atoms with van der Waals surface area (Å²) in [5.74, 6) is 2.69. The highest BCUT2D eigenvalue weighted by atomic mass is 32.2. The van der Waals surface area contributed by atoms with Gasteiger partial charge in [0.05, 0.1) is 12.5 Å². The predicted molar refractivity (Wildman–Crippen MR) is 91.9 cm³/mol. The zero-order chi connectivity index (χ0) is 15.4. The minimum Gasteiger partial charge on any atom is -0.472 e. The van der Waals surface area contributed by atoms with E-state index >= 15 is 0 Å². The monoisotopic (exact) mass is 320 g/mol. The van der Waals surface area contributed by atoms with Gasteiger partial charge < -0.3 is 4.42 Å². The fourth-order valence-electron chi connectivity index (χ4n) is 4.43. The molecule has 0 aliphatic heterocycles. The average molecular weight is 320 g/mol. The molecule has 122 valence electrons. The number of rotatable bonds is 4. The Bertz CT molecular complexity index is 462. The van der Waals surface area contributed by atoms with E-state index in [1.54, 1.807) is 13.2 Å². The van der Waals surface area contributed by atoms with Crippen LogP contribution in [0.3, 0.4) is 0 Å². The number of hydrogen-bond acceptors (Lipinski definition) is 3. The van der Waals surface area contributed by atoms with E-state index in [1.165, 1.54) is 75.1 Å². The van der Waals surface area contributed by atoms with Crippen molar-refractivity contribution in [3.8, 4) is 0 Å². The fourth-order valence-corrected chi connectivity index (χ4v) is 5.23. The van der Waals surface area contributed by atoms with Crippen molar-refractivity contribution in [2.75, 3.05) is 5.75 Å². The Labute approximate surface area is 138 Å². The molecule has 1 heterocycles. The molecule has 2 fully saturated rings. The standard InChI is InChI=1S/C19H28O2S/c1-15(20)22-14-17-4-9-19(10-5-17)7-2-16(3-8-19)12-18-6-11-21-13-18/h6,11,13,16-17H,2-5,7-10,12,14H2,1H3. The number of carbonyl (C=O) groups is 1. The number of furan rings is 1. The molecule has 0 radical (unpaired) electrons. The van der Waals surface area contributed by atoms with Crippen molar-refractivity contribution in [2.45, 2.75) is 64.7 Å². The number of thioether (sulfide) groups is 1. The number of carbonyl (C=O) groups excluding carboxylic acids is 1. The summed E-state index contributed by atoms with van der Waals surface area (Å²) in [5.41, 5.74) is 2.01. The zero-order valence-electron chi connectivity index (χ0n) is 13.7. The second-order valence-corrected chi connectivity index (χ2v) is 8.72. The van der Waals surface area contributed by atoms with Crippen LogP contribution in [0.4, 0.5) is 0 Å². The summed E-state index contributed by atoms with van der Waals surface area (Å²) in [4.78, 5) is 11.1. The Morgan fingerprint density at radius 1 is 1.18 bits per heavy atom. The predicted octanol–water partition coefficient (Wildman–Crippen LogP) is 5.47. The van der Waals surface area contributed by atoms with Crippen molar-refractivity contribution in [2.24, 2.45) is 17.3 Å². The number of hydrogen-bond donors (Lipinski definition) is 0. The third-order valence-electron chi connectivity index (χ3n) is 5.96. The Morgan fingerprint density at radius 3 is 2.36 bits per heavy atom. The zero-order valence-corrected chi connectivity index (χ0v) is 14.5. The lowest BCUT2D eigenvalue weighted by Crippen LogP contribution is -2.33. The first-order valence-corrected chi connectivity index (χ1v) is 9.78. The lowest BCUT2D eigenvalue weighted by Gasteiger charge is -2.45. The molecule has 0 atom stereocenters. The smallest absolute Gasteiger partial charge is 0.185 e. The van der Waals surface area contributed by atoms with Crippen LogP contribution in [0.25, 0.3) is 0 Å². The molecule has 3 rings (SSSR count).